The number of esters is 3. The van der Waals surface area contributed by atoms with Crippen molar-refractivity contribution in [1.82, 2.24) is 0 Å². The Kier molecular flexibility index (Phi) is 12.7. The number of halogens is 1. The van der Waals surface area contributed by atoms with Gasteiger partial charge in [-0.2, -0.15) is 0 Å². The Morgan fingerprint density at radius 1 is 0.941 bits per heavy atom. The van der Waals surface area contributed by atoms with Crippen molar-refractivity contribution < 1.29 is 42.8 Å². The normalized spacial score (nSPS) is 13.1. The lowest BCUT2D eigenvalue weighted by Crippen LogP contribution is -2.61. The van der Waals surface area contributed by atoms with Crippen LogP contribution in [-0.4, -0.2) is 54.5 Å². The molecule has 0 bridgehead atoms. The van der Waals surface area contributed by atoms with Crippen molar-refractivity contribution in [2.45, 2.75) is 84.5 Å². The first-order chi connectivity index (χ1) is 16.2. The highest BCUT2D eigenvalue weighted by Crippen LogP contribution is 2.32. The minimum absolute atomic E-state index is 0.0861. The molecule has 0 saturated heterocycles. The maximum atomic E-state index is 13.9. The van der Waals surface area contributed by atoms with Crippen LogP contribution in [-0.2, 0) is 33.3 Å². The molecule has 192 valence electrons. The van der Waals surface area contributed by atoms with Crippen molar-refractivity contribution in [3.05, 3.63) is 35.1 Å². The zero-order chi connectivity index (χ0) is 25.7. The van der Waals surface area contributed by atoms with E-state index in [0.29, 0.717) is 24.0 Å². The molecule has 1 N–H and O–H groups in total. The lowest BCUT2D eigenvalue weighted by Gasteiger charge is -2.33. The minimum atomic E-state index is -3.09. The number of unbranched alkanes of at least 4 members (excludes halogenated alkanes) is 3. The smallest absolute Gasteiger partial charge is 0.353 e. The summed E-state index contributed by atoms with van der Waals surface area (Å²) in [6, 6.07) is 4.34. The van der Waals surface area contributed by atoms with Gasteiger partial charge in [-0.3, -0.25) is 0 Å². The van der Waals surface area contributed by atoms with E-state index in [1.54, 1.807) is 13.0 Å². The second-order valence-corrected chi connectivity index (χ2v) is 7.82. The highest BCUT2D eigenvalue weighted by molar-refractivity contribution is 6.08. The van der Waals surface area contributed by atoms with Crippen molar-refractivity contribution >= 4 is 17.9 Å². The number of hydrogen-bond donors (Lipinski definition) is 1. The van der Waals surface area contributed by atoms with Gasteiger partial charge in [-0.05, 0) is 51.3 Å². The van der Waals surface area contributed by atoms with E-state index >= 15 is 0 Å². The third-order valence-corrected chi connectivity index (χ3v) is 5.23. The average molecular weight is 485 g/mol. The van der Waals surface area contributed by atoms with Gasteiger partial charge in [-0.1, -0.05) is 44.7 Å². The molecule has 2 unspecified atom stereocenters. The maximum absolute atomic E-state index is 13.9. The monoisotopic (exact) mass is 484 g/mol. The summed E-state index contributed by atoms with van der Waals surface area (Å²) in [6.07, 6.45) is 1.03. The van der Waals surface area contributed by atoms with Crippen LogP contribution < -0.4 is 0 Å². The highest BCUT2D eigenvalue weighted by atomic mass is 19.1. The molecule has 0 aliphatic heterocycles. The molecule has 0 spiro atoms. The molecule has 8 nitrogen and oxygen atoms in total. The summed E-state index contributed by atoms with van der Waals surface area (Å²) in [5, 5.41) is 11.2. The van der Waals surface area contributed by atoms with Crippen LogP contribution in [0.1, 0.15) is 77.0 Å². The van der Waals surface area contributed by atoms with Crippen LogP contribution in [0.25, 0.3) is 0 Å². The minimum Gasteiger partial charge on any atom is -0.464 e. The zero-order valence-electron chi connectivity index (χ0n) is 20.7. The number of aryl methyl sites for hydroxylation is 1. The van der Waals surface area contributed by atoms with Gasteiger partial charge in [0.15, 0.2) is 0 Å². The Bertz CT molecular complexity index is 792. The SMILES string of the molecule is CCCCCCC(OC(C(=O)OCC)C(O)(C(=O)OCC)C(=O)OCC)c1ccc(F)c(C)c1. The molecule has 0 amide bonds. The predicted molar refractivity (Wildman–Crippen MR) is 122 cm³/mol. The molecule has 0 radical (unpaired) electrons. The Hall–Kier alpha value is -2.52. The van der Waals surface area contributed by atoms with Gasteiger partial charge >= 0.3 is 17.9 Å². The Labute approximate surface area is 200 Å². The molecular formula is C25H37FO8. The third kappa shape index (κ3) is 7.77. The molecular weight excluding hydrogens is 447 g/mol. The topological polar surface area (TPSA) is 108 Å². The summed E-state index contributed by atoms with van der Waals surface area (Å²) in [6.45, 7) is 7.76. The average Bonchev–Trinajstić information content (AvgIpc) is 2.80. The van der Waals surface area contributed by atoms with E-state index in [0.717, 1.165) is 19.3 Å². The fourth-order valence-corrected chi connectivity index (χ4v) is 3.42. The highest BCUT2D eigenvalue weighted by Gasteiger charge is 2.59. The van der Waals surface area contributed by atoms with Crippen LogP contribution in [0.2, 0.25) is 0 Å². The van der Waals surface area contributed by atoms with Gasteiger partial charge in [-0.25, -0.2) is 18.8 Å². The number of hydrogen-bond acceptors (Lipinski definition) is 8. The molecule has 34 heavy (non-hydrogen) atoms. The summed E-state index contributed by atoms with van der Waals surface area (Å²) in [4.78, 5) is 38.4. The Morgan fingerprint density at radius 2 is 1.53 bits per heavy atom. The van der Waals surface area contributed by atoms with E-state index in [-0.39, 0.29) is 19.8 Å². The van der Waals surface area contributed by atoms with Crippen molar-refractivity contribution in [3.63, 3.8) is 0 Å². The van der Waals surface area contributed by atoms with E-state index in [2.05, 4.69) is 6.92 Å². The van der Waals surface area contributed by atoms with Gasteiger partial charge in [0.25, 0.3) is 5.60 Å². The zero-order valence-corrected chi connectivity index (χ0v) is 20.7. The van der Waals surface area contributed by atoms with Gasteiger partial charge in [0.05, 0.1) is 25.9 Å². The van der Waals surface area contributed by atoms with Gasteiger partial charge < -0.3 is 24.1 Å². The second-order valence-electron chi connectivity index (χ2n) is 7.82. The van der Waals surface area contributed by atoms with Crippen molar-refractivity contribution in [2.75, 3.05) is 19.8 Å². The molecule has 0 aliphatic carbocycles. The molecule has 0 heterocycles. The van der Waals surface area contributed by atoms with E-state index in [9.17, 15) is 23.9 Å². The molecule has 0 saturated carbocycles. The number of carbonyl (C=O) groups is 3. The van der Waals surface area contributed by atoms with E-state index in [4.69, 9.17) is 18.9 Å². The number of aliphatic hydroxyl groups is 1. The van der Waals surface area contributed by atoms with Crippen molar-refractivity contribution in [1.29, 1.82) is 0 Å². The molecule has 9 heteroatoms. The predicted octanol–water partition coefficient (Wildman–Crippen LogP) is 3.95. The number of carbonyl (C=O) groups excluding carboxylic acids is 3. The van der Waals surface area contributed by atoms with E-state index < -0.39 is 41.5 Å². The standard InChI is InChI=1S/C25H37FO8/c1-6-10-11-12-13-20(18-14-15-19(26)17(5)16-18)34-21(22(27)31-7-2)25(30,23(28)32-8-3)24(29)33-9-4/h14-16,20-21,30H,6-13H2,1-5H3. The van der Waals surface area contributed by atoms with Crippen LogP contribution in [0.4, 0.5) is 4.39 Å². The van der Waals surface area contributed by atoms with Gasteiger partial charge in [0.2, 0.25) is 6.10 Å². The molecule has 0 fully saturated rings. The van der Waals surface area contributed by atoms with Crippen molar-refractivity contribution in [3.8, 4) is 0 Å². The number of benzene rings is 1. The van der Waals surface area contributed by atoms with Crippen LogP contribution >= 0.6 is 0 Å². The molecule has 0 aromatic heterocycles. The van der Waals surface area contributed by atoms with Gasteiger partial charge in [0, 0.05) is 0 Å². The van der Waals surface area contributed by atoms with Gasteiger partial charge in [0.1, 0.15) is 5.82 Å². The quantitative estimate of drug-likeness (QED) is 0.173. The van der Waals surface area contributed by atoms with Gasteiger partial charge in [-0.15, -0.1) is 0 Å². The first kappa shape index (κ1) is 29.5. The van der Waals surface area contributed by atoms with Crippen LogP contribution in [0, 0.1) is 12.7 Å². The number of ether oxygens (including phenoxy) is 4. The largest absolute Gasteiger partial charge is 0.464 e. The van der Waals surface area contributed by atoms with Crippen LogP contribution in [0.15, 0.2) is 18.2 Å². The first-order valence-electron chi connectivity index (χ1n) is 11.8. The summed E-state index contributed by atoms with van der Waals surface area (Å²) < 4.78 is 34.7. The fourth-order valence-electron chi connectivity index (χ4n) is 3.42. The summed E-state index contributed by atoms with van der Waals surface area (Å²) in [5.74, 6) is -4.30. The fraction of sp³-hybridized carbons (Fsp3) is 0.640. The molecule has 0 aliphatic rings. The lowest BCUT2D eigenvalue weighted by molar-refractivity contribution is -0.214. The Balaban J connectivity index is 3.49. The first-order valence-corrected chi connectivity index (χ1v) is 11.8. The summed E-state index contributed by atoms with van der Waals surface area (Å²) in [7, 11) is 0. The summed E-state index contributed by atoms with van der Waals surface area (Å²) in [5.41, 5.74) is -2.20. The summed E-state index contributed by atoms with van der Waals surface area (Å²) >= 11 is 0. The van der Waals surface area contributed by atoms with E-state index in [1.165, 1.54) is 32.9 Å². The maximum Gasteiger partial charge on any atom is 0.353 e. The Morgan fingerprint density at radius 3 is 2.03 bits per heavy atom. The number of rotatable bonds is 15. The molecule has 1 aromatic rings. The second kappa shape index (κ2) is 14.7. The van der Waals surface area contributed by atoms with Crippen LogP contribution in [0.3, 0.4) is 0 Å². The molecule has 1 aromatic carbocycles. The molecule has 1 rings (SSSR count). The third-order valence-electron chi connectivity index (χ3n) is 5.23. The molecule has 2 atom stereocenters. The van der Waals surface area contributed by atoms with Crippen molar-refractivity contribution in [2.24, 2.45) is 0 Å². The van der Waals surface area contributed by atoms with Crippen LogP contribution in [0.5, 0.6) is 0 Å². The van der Waals surface area contributed by atoms with E-state index in [1.807, 2.05) is 0 Å². The lowest BCUT2D eigenvalue weighted by atomic mass is 9.94.